The molecule has 2 aliphatic rings. The third-order valence-electron chi connectivity index (χ3n) is 7.66. The number of carboxylic acid groups (broad SMARTS) is 2. The number of thiocarbonyl (C=S) groups is 1. The molecule has 2 aromatic carbocycles. The fourth-order valence-electron chi connectivity index (χ4n) is 5.66. The Morgan fingerprint density at radius 1 is 1.02 bits per heavy atom. The highest BCUT2D eigenvalue weighted by atomic mass is 32.1. The van der Waals surface area contributed by atoms with Crippen molar-refractivity contribution in [3.63, 3.8) is 0 Å². The molecule has 11 nitrogen and oxygen atoms in total. The molecule has 0 saturated carbocycles. The lowest BCUT2D eigenvalue weighted by atomic mass is 9.75. The maximum Gasteiger partial charge on any atom is 0.334 e. The molecule has 1 amide bonds. The summed E-state index contributed by atoms with van der Waals surface area (Å²) in [4.78, 5) is 43.0. The first-order valence-corrected chi connectivity index (χ1v) is 14.0. The summed E-state index contributed by atoms with van der Waals surface area (Å²) in [5.74, 6) is -3.41. The zero-order valence-corrected chi connectivity index (χ0v) is 24.5. The van der Waals surface area contributed by atoms with Crippen LogP contribution in [0.1, 0.15) is 49.7 Å². The van der Waals surface area contributed by atoms with Gasteiger partial charge in [0.15, 0.2) is 5.11 Å². The quantitative estimate of drug-likeness (QED) is 0.227. The van der Waals surface area contributed by atoms with Crippen LogP contribution in [0.2, 0.25) is 0 Å². The van der Waals surface area contributed by atoms with Crippen molar-refractivity contribution in [3.8, 4) is 5.75 Å². The van der Waals surface area contributed by atoms with E-state index in [0.717, 1.165) is 31.7 Å². The number of allylic oxidation sites excluding steroid dienone is 1. The Balaban J connectivity index is 1.31. The molecule has 2 aliphatic heterocycles. The van der Waals surface area contributed by atoms with Crippen molar-refractivity contribution < 1.29 is 29.3 Å². The number of piperidine rings is 1. The summed E-state index contributed by atoms with van der Waals surface area (Å²) in [6, 6.07) is 14.8. The van der Waals surface area contributed by atoms with Crippen LogP contribution in [0.4, 0.5) is 5.69 Å². The van der Waals surface area contributed by atoms with Crippen molar-refractivity contribution in [1.82, 2.24) is 15.8 Å². The highest BCUT2D eigenvalue weighted by molar-refractivity contribution is 7.80. The Hall–Kier alpha value is -4.29. The minimum absolute atomic E-state index is 0.0642. The normalized spacial score (nSPS) is 19.5. The van der Waals surface area contributed by atoms with E-state index in [0.29, 0.717) is 22.9 Å². The summed E-state index contributed by atoms with van der Waals surface area (Å²) in [6.07, 6.45) is 1.88. The second kappa shape index (κ2) is 13.6. The number of amides is 1. The second-order valence-corrected chi connectivity index (χ2v) is 10.8. The molecule has 0 bridgehead atoms. The molecule has 12 heteroatoms. The average Bonchev–Trinajstić information content (AvgIpc) is 2.95. The molecule has 4 rings (SSSR count). The van der Waals surface area contributed by atoms with Crippen LogP contribution in [-0.4, -0.2) is 70.5 Å². The van der Waals surface area contributed by atoms with E-state index < -0.39 is 23.8 Å². The van der Waals surface area contributed by atoms with Gasteiger partial charge in [-0.25, -0.2) is 4.79 Å². The van der Waals surface area contributed by atoms with Gasteiger partial charge in [0.25, 0.3) is 5.91 Å². The smallest absolute Gasteiger partial charge is 0.334 e. The number of benzene rings is 2. The summed E-state index contributed by atoms with van der Waals surface area (Å²) < 4.78 is 5.34. The van der Waals surface area contributed by atoms with Gasteiger partial charge in [0.05, 0.1) is 19.2 Å². The zero-order chi connectivity index (χ0) is 30.4. The topological polar surface area (TPSA) is 153 Å². The molecule has 2 aromatic rings. The Morgan fingerprint density at radius 2 is 1.71 bits per heavy atom. The molecule has 2 heterocycles. The molecule has 2 unspecified atom stereocenters. The van der Waals surface area contributed by atoms with Crippen LogP contribution in [0.3, 0.4) is 0 Å². The number of hydrogen-bond acceptors (Lipinski definition) is 7. The molecule has 5 N–H and O–H groups in total. The molecule has 222 valence electrons. The first-order valence-electron chi connectivity index (χ1n) is 13.6. The Labute approximate surface area is 249 Å². The first kappa shape index (κ1) is 30.7. The van der Waals surface area contributed by atoms with Crippen molar-refractivity contribution in [2.75, 3.05) is 32.1 Å². The number of aliphatic carboxylic acids is 2. The number of anilines is 1. The van der Waals surface area contributed by atoms with Crippen LogP contribution in [0, 0.1) is 5.92 Å². The zero-order valence-electron chi connectivity index (χ0n) is 23.7. The summed E-state index contributed by atoms with van der Waals surface area (Å²) in [5.41, 5.74) is 8.09. The number of nitrogens with zero attached hydrogens (tertiary/aromatic N) is 2. The summed E-state index contributed by atoms with van der Waals surface area (Å²) in [6.45, 7) is 4.95. The van der Waals surface area contributed by atoms with Crippen molar-refractivity contribution >= 4 is 46.6 Å². The van der Waals surface area contributed by atoms with E-state index in [4.69, 9.17) is 17.0 Å². The van der Waals surface area contributed by atoms with Crippen LogP contribution in [0.25, 0.3) is 0 Å². The molecule has 1 saturated heterocycles. The minimum atomic E-state index is -1.22. The number of carbonyl (C=O) groups excluding carboxylic acids is 1. The standard InChI is InChI=1S/C30H35N5O6S/c1-17-25(28(37)38)27(26(29(39)40)18(2)31-17)21-7-4-8-22(14-21)32-30(42)34-33-24(36)16-35-12-10-19(11-13-35)20-6-5-9-23(15-20)41-3/h4-9,14-15,19,25,27H,10-13,16H2,1-3H3,(H,33,36)(H,37,38)(H,39,40)(H2,32,34,42). The third-order valence-corrected chi connectivity index (χ3v) is 7.87. The van der Waals surface area contributed by atoms with Gasteiger partial charge in [-0.05, 0) is 93.3 Å². The summed E-state index contributed by atoms with van der Waals surface area (Å²) in [7, 11) is 1.66. The van der Waals surface area contributed by atoms with Gasteiger partial charge in [-0.3, -0.25) is 30.3 Å². The number of hydrogen-bond donors (Lipinski definition) is 5. The molecule has 1 fully saturated rings. The molecule has 2 atom stereocenters. The third kappa shape index (κ3) is 7.31. The fourth-order valence-corrected chi connectivity index (χ4v) is 5.83. The number of hydrazine groups is 1. The maximum absolute atomic E-state index is 12.6. The number of aliphatic imine (C=N–C) groups is 1. The van der Waals surface area contributed by atoms with E-state index in [9.17, 15) is 24.6 Å². The molecular formula is C30H35N5O6S. The van der Waals surface area contributed by atoms with Crippen molar-refractivity contribution in [3.05, 3.63) is 70.9 Å². The number of rotatable bonds is 8. The number of ether oxygens (including phenoxy) is 1. The highest BCUT2D eigenvalue weighted by Gasteiger charge is 2.41. The molecule has 0 radical (unpaired) electrons. The largest absolute Gasteiger partial charge is 0.497 e. The van der Waals surface area contributed by atoms with E-state index in [2.05, 4.69) is 38.2 Å². The minimum Gasteiger partial charge on any atom is -0.497 e. The van der Waals surface area contributed by atoms with Crippen molar-refractivity contribution in [2.24, 2.45) is 10.9 Å². The first-order chi connectivity index (χ1) is 20.1. The lowest BCUT2D eigenvalue weighted by molar-refractivity contribution is -0.140. The van der Waals surface area contributed by atoms with Crippen LogP contribution in [-0.2, 0) is 14.4 Å². The van der Waals surface area contributed by atoms with Gasteiger partial charge < -0.3 is 20.3 Å². The summed E-state index contributed by atoms with van der Waals surface area (Å²) >= 11 is 5.34. The molecule has 0 aliphatic carbocycles. The predicted molar refractivity (Wildman–Crippen MR) is 163 cm³/mol. The van der Waals surface area contributed by atoms with Crippen LogP contribution in [0.15, 0.2) is 64.8 Å². The van der Waals surface area contributed by atoms with Crippen LogP contribution >= 0.6 is 12.2 Å². The van der Waals surface area contributed by atoms with Gasteiger partial charge in [0, 0.05) is 23.0 Å². The molecular weight excluding hydrogens is 558 g/mol. The number of nitrogens with one attached hydrogen (secondary N) is 3. The lowest BCUT2D eigenvalue weighted by Gasteiger charge is -2.31. The van der Waals surface area contributed by atoms with Crippen molar-refractivity contribution in [1.29, 1.82) is 0 Å². The molecule has 0 aromatic heterocycles. The number of likely N-dealkylation sites (tertiary alicyclic amines) is 1. The van der Waals surface area contributed by atoms with Crippen LogP contribution in [0.5, 0.6) is 5.75 Å². The number of carboxylic acids is 2. The van der Waals surface area contributed by atoms with Gasteiger partial charge in [-0.2, -0.15) is 0 Å². The second-order valence-electron chi connectivity index (χ2n) is 10.4. The van der Waals surface area contributed by atoms with E-state index in [-0.39, 0.29) is 28.8 Å². The maximum atomic E-state index is 12.6. The fraction of sp³-hybridized carbons (Fsp3) is 0.367. The Bertz CT molecular complexity index is 1430. The van der Waals surface area contributed by atoms with Gasteiger partial charge in [0.1, 0.15) is 11.7 Å². The van der Waals surface area contributed by atoms with Gasteiger partial charge >= 0.3 is 11.9 Å². The van der Waals surface area contributed by atoms with E-state index in [1.807, 2.05) is 12.1 Å². The molecule has 42 heavy (non-hydrogen) atoms. The number of carbonyl (C=O) groups is 3. The van der Waals surface area contributed by atoms with Gasteiger partial charge in [-0.1, -0.05) is 24.3 Å². The average molecular weight is 594 g/mol. The SMILES string of the molecule is COc1cccc(C2CCN(CC(=O)NNC(=S)Nc3cccc(C4C(C(=O)O)=C(C)N=C(C)C4C(=O)O)c3)CC2)c1. The van der Waals surface area contributed by atoms with E-state index >= 15 is 0 Å². The summed E-state index contributed by atoms with van der Waals surface area (Å²) in [5, 5.41) is 22.8. The Kier molecular flexibility index (Phi) is 9.92. The lowest BCUT2D eigenvalue weighted by Crippen LogP contribution is -2.48. The van der Waals surface area contributed by atoms with E-state index in [1.165, 1.54) is 5.56 Å². The monoisotopic (exact) mass is 593 g/mol. The molecule has 0 spiro atoms. The van der Waals surface area contributed by atoms with E-state index in [1.54, 1.807) is 45.2 Å². The van der Waals surface area contributed by atoms with Gasteiger partial charge in [-0.15, -0.1) is 0 Å². The Morgan fingerprint density at radius 3 is 2.38 bits per heavy atom. The van der Waals surface area contributed by atoms with Crippen molar-refractivity contribution in [2.45, 2.75) is 38.5 Å². The van der Waals surface area contributed by atoms with Crippen LogP contribution < -0.4 is 20.9 Å². The predicted octanol–water partition coefficient (Wildman–Crippen LogP) is 3.51. The van der Waals surface area contributed by atoms with Gasteiger partial charge in [0.2, 0.25) is 0 Å². The number of methoxy groups -OCH3 is 1. The highest BCUT2D eigenvalue weighted by Crippen LogP contribution is 2.39.